The number of hydrogen-bond acceptors (Lipinski definition) is 6. The summed E-state index contributed by atoms with van der Waals surface area (Å²) in [4.78, 5) is 24.9. The summed E-state index contributed by atoms with van der Waals surface area (Å²) in [5.74, 6) is -0.445. The maximum Gasteiger partial charge on any atom is 0.273 e. The zero-order chi connectivity index (χ0) is 28.3. The van der Waals surface area contributed by atoms with Gasteiger partial charge in [0.2, 0.25) is 0 Å². The number of sulfonamides is 1. The summed E-state index contributed by atoms with van der Waals surface area (Å²) in [6.45, 7) is 2.69. The Labute approximate surface area is 229 Å². The molecule has 2 aromatic heterocycles. The van der Waals surface area contributed by atoms with Crippen molar-refractivity contribution < 1.29 is 26.4 Å². The Kier molecular flexibility index (Phi) is 7.99. The first-order valence-electron chi connectivity index (χ1n) is 12.6. The van der Waals surface area contributed by atoms with Crippen molar-refractivity contribution in [1.29, 1.82) is 0 Å². The number of amides is 1. The van der Waals surface area contributed by atoms with Gasteiger partial charge < -0.3 is 4.90 Å². The molecule has 8 nitrogen and oxygen atoms in total. The number of fused-ring (bicyclic) bond motifs is 1. The van der Waals surface area contributed by atoms with Crippen molar-refractivity contribution in [2.24, 2.45) is 0 Å². The molecule has 1 aliphatic rings. The summed E-state index contributed by atoms with van der Waals surface area (Å²) in [5.41, 5.74) is 0.279. The lowest BCUT2D eigenvalue weighted by Gasteiger charge is -2.35. The first kappa shape index (κ1) is 27.5. The minimum atomic E-state index is -4.34. The molecule has 208 valence electrons. The number of pyridine rings is 2. The fourth-order valence-corrected chi connectivity index (χ4v) is 5.95. The van der Waals surface area contributed by atoms with Crippen molar-refractivity contribution in [1.82, 2.24) is 19.8 Å². The van der Waals surface area contributed by atoms with Crippen LogP contribution in [-0.4, -0.2) is 66.7 Å². The Morgan fingerprint density at radius 3 is 2.38 bits per heavy atom. The fraction of sp³-hybridized carbons (Fsp3) is 0.250. The van der Waals surface area contributed by atoms with Gasteiger partial charge in [0.25, 0.3) is 22.4 Å². The van der Waals surface area contributed by atoms with Crippen LogP contribution in [-0.2, 0) is 16.6 Å². The molecule has 1 aliphatic heterocycles. The molecule has 0 radical (unpaired) electrons. The van der Waals surface area contributed by atoms with E-state index in [9.17, 15) is 26.4 Å². The Hall–Kier alpha value is -4.03. The second kappa shape index (κ2) is 11.6. The van der Waals surface area contributed by atoms with Crippen molar-refractivity contribution >= 4 is 32.5 Å². The molecule has 1 unspecified atom stereocenters. The highest BCUT2D eigenvalue weighted by Crippen LogP contribution is 2.34. The molecule has 1 fully saturated rings. The molecule has 1 amide bonds. The number of carbonyl (C=O) groups excluding carboxylic acids is 1. The Morgan fingerprint density at radius 2 is 1.65 bits per heavy atom. The second-order valence-corrected chi connectivity index (χ2v) is 11.0. The molecule has 0 saturated carbocycles. The molecule has 40 heavy (non-hydrogen) atoms. The maximum atomic E-state index is 14.8. The van der Waals surface area contributed by atoms with Crippen LogP contribution < -0.4 is 4.72 Å². The molecule has 1 saturated heterocycles. The number of anilines is 1. The van der Waals surface area contributed by atoms with Crippen LogP contribution in [0.4, 0.5) is 18.9 Å². The number of piperazine rings is 1. The molecule has 4 aromatic rings. The van der Waals surface area contributed by atoms with E-state index in [4.69, 9.17) is 0 Å². The number of benzene rings is 2. The van der Waals surface area contributed by atoms with Crippen molar-refractivity contribution in [2.75, 3.05) is 30.9 Å². The SMILES string of the molecule is O=C(c1ccc(NS(=O)(=O)c2cccc3cccnc23)c(C(F)C(F)F)c1)N1CCN(Cc2ccncc2)CC1. The summed E-state index contributed by atoms with van der Waals surface area (Å²) in [6.07, 6.45) is -1.38. The molecular weight excluding hydrogens is 543 g/mol. The number of rotatable bonds is 8. The Morgan fingerprint density at radius 1 is 0.925 bits per heavy atom. The molecule has 3 heterocycles. The summed E-state index contributed by atoms with van der Waals surface area (Å²) >= 11 is 0. The van der Waals surface area contributed by atoms with Gasteiger partial charge in [-0.25, -0.2) is 21.6 Å². The van der Waals surface area contributed by atoms with Crippen LogP contribution in [0, 0.1) is 0 Å². The van der Waals surface area contributed by atoms with E-state index >= 15 is 0 Å². The summed E-state index contributed by atoms with van der Waals surface area (Å²) in [6, 6.07) is 15.2. The third-order valence-corrected chi connectivity index (χ3v) is 8.16. The van der Waals surface area contributed by atoms with E-state index in [0.717, 1.165) is 17.7 Å². The topological polar surface area (TPSA) is 95.5 Å². The van der Waals surface area contributed by atoms with E-state index in [1.54, 1.807) is 35.5 Å². The van der Waals surface area contributed by atoms with Gasteiger partial charge >= 0.3 is 0 Å². The minimum absolute atomic E-state index is 0.00402. The second-order valence-electron chi connectivity index (χ2n) is 9.40. The minimum Gasteiger partial charge on any atom is -0.336 e. The number of hydrogen-bond donors (Lipinski definition) is 1. The lowest BCUT2D eigenvalue weighted by atomic mass is 10.0. The van der Waals surface area contributed by atoms with Gasteiger partial charge in [0.1, 0.15) is 4.90 Å². The zero-order valence-electron chi connectivity index (χ0n) is 21.3. The van der Waals surface area contributed by atoms with E-state index in [1.165, 1.54) is 24.4 Å². The molecule has 1 N–H and O–H groups in total. The quantitative estimate of drug-likeness (QED) is 0.332. The van der Waals surface area contributed by atoms with Crippen LogP contribution in [0.3, 0.4) is 0 Å². The fourth-order valence-electron chi connectivity index (χ4n) is 4.68. The van der Waals surface area contributed by atoms with Gasteiger partial charge in [-0.15, -0.1) is 0 Å². The van der Waals surface area contributed by atoms with E-state index in [0.29, 0.717) is 38.1 Å². The first-order valence-corrected chi connectivity index (χ1v) is 14.0. The van der Waals surface area contributed by atoms with E-state index < -0.39 is 34.1 Å². The predicted molar refractivity (Wildman–Crippen MR) is 144 cm³/mol. The summed E-state index contributed by atoms with van der Waals surface area (Å²) < 4.78 is 70.5. The normalized spacial score (nSPS) is 15.3. The van der Waals surface area contributed by atoms with Crippen LogP contribution in [0.1, 0.15) is 27.7 Å². The smallest absolute Gasteiger partial charge is 0.273 e. The van der Waals surface area contributed by atoms with Gasteiger partial charge in [0.15, 0.2) is 6.17 Å². The number of aromatic nitrogens is 2. The molecule has 12 heteroatoms. The lowest BCUT2D eigenvalue weighted by molar-refractivity contribution is 0.0496. The zero-order valence-corrected chi connectivity index (χ0v) is 22.1. The number of para-hydroxylation sites is 1. The van der Waals surface area contributed by atoms with Gasteiger partial charge in [0, 0.05) is 67.8 Å². The molecule has 5 rings (SSSR count). The monoisotopic (exact) mass is 569 g/mol. The lowest BCUT2D eigenvalue weighted by Crippen LogP contribution is -2.48. The highest BCUT2D eigenvalue weighted by molar-refractivity contribution is 7.93. The largest absolute Gasteiger partial charge is 0.336 e. The van der Waals surface area contributed by atoms with Crippen molar-refractivity contribution in [3.63, 3.8) is 0 Å². The van der Waals surface area contributed by atoms with Crippen molar-refractivity contribution in [2.45, 2.75) is 24.0 Å². The van der Waals surface area contributed by atoms with Gasteiger partial charge in [-0.05, 0) is 48.0 Å². The standard InChI is InChI=1S/C28H26F3N5O3S/c29-25(27(30)31)22-17-21(28(37)36-15-13-35(14-16-36)18-19-8-11-32-12-9-19)6-7-23(22)34-40(38,39)24-5-1-3-20-4-2-10-33-26(20)24/h1-12,17,25,27,34H,13-16,18H2. The Balaban J connectivity index is 1.36. The molecule has 0 spiro atoms. The number of nitrogens with one attached hydrogen (secondary N) is 1. The predicted octanol–water partition coefficient (Wildman–Crippen LogP) is 4.66. The molecular formula is C28H26F3N5O3S. The summed E-state index contributed by atoms with van der Waals surface area (Å²) in [7, 11) is -4.34. The molecule has 1 atom stereocenters. The third kappa shape index (κ3) is 5.92. The van der Waals surface area contributed by atoms with Gasteiger partial charge in [-0.3, -0.25) is 24.4 Å². The van der Waals surface area contributed by atoms with Gasteiger partial charge in [0.05, 0.1) is 11.2 Å². The van der Waals surface area contributed by atoms with Crippen molar-refractivity contribution in [3.8, 4) is 0 Å². The number of nitrogens with zero attached hydrogens (tertiary/aromatic N) is 4. The Bertz CT molecular complexity index is 1610. The molecule has 2 aromatic carbocycles. The van der Waals surface area contributed by atoms with Crippen LogP contribution in [0.2, 0.25) is 0 Å². The van der Waals surface area contributed by atoms with Gasteiger partial charge in [-0.1, -0.05) is 18.2 Å². The summed E-state index contributed by atoms with van der Waals surface area (Å²) in [5, 5.41) is 0.559. The van der Waals surface area contributed by atoms with E-state index in [2.05, 4.69) is 19.6 Å². The maximum absolute atomic E-state index is 14.8. The van der Waals surface area contributed by atoms with Crippen LogP contribution >= 0.6 is 0 Å². The van der Waals surface area contributed by atoms with E-state index in [1.807, 2.05) is 12.1 Å². The van der Waals surface area contributed by atoms with E-state index in [-0.39, 0.29) is 21.7 Å². The number of alkyl halides is 3. The third-order valence-electron chi connectivity index (χ3n) is 6.76. The number of carbonyl (C=O) groups is 1. The highest BCUT2D eigenvalue weighted by Gasteiger charge is 2.30. The molecule has 0 aliphatic carbocycles. The van der Waals surface area contributed by atoms with Gasteiger partial charge in [-0.2, -0.15) is 0 Å². The highest BCUT2D eigenvalue weighted by atomic mass is 32.2. The first-order chi connectivity index (χ1) is 19.2. The van der Waals surface area contributed by atoms with Crippen LogP contribution in [0.15, 0.2) is 84.1 Å². The van der Waals surface area contributed by atoms with Crippen LogP contribution in [0.5, 0.6) is 0 Å². The average Bonchev–Trinajstić information content (AvgIpc) is 2.97. The molecule has 0 bridgehead atoms. The average molecular weight is 570 g/mol. The van der Waals surface area contributed by atoms with Crippen molar-refractivity contribution in [3.05, 3.63) is 95.9 Å². The van der Waals surface area contributed by atoms with Crippen LogP contribution in [0.25, 0.3) is 10.9 Å². The number of halogens is 3.